The minimum absolute atomic E-state index is 0.697. The van der Waals surface area contributed by atoms with E-state index in [9.17, 15) is 0 Å². The molecule has 0 unspecified atom stereocenters. The quantitative estimate of drug-likeness (QED) is 0.658. The van der Waals surface area contributed by atoms with E-state index in [4.69, 9.17) is 0 Å². The molecule has 2 N–H and O–H groups in total. The fraction of sp³-hybridized carbons (Fsp3) is 0.412. The van der Waals surface area contributed by atoms with Crippen LogP contribution in [0.4, 0.5) is 0 Å². The molecule has 0 radical (unpaired) electrons. The lowest BCUT2D eigenvalue weighted by molar-refractivity contribution is 0.792. The van der Waals surface area contributed by atoms with E-state index in [0.29, 0.717) is 6.54 Å². The predicted molar refractivity (Wildman–Crippen MR) is 94.4 cm³/mol. The summed E-state index contributed by atoms with van der Waals surface area (Å²) in [6.45, 7) is 7.84. The predicted octanol–water partition coefficient (Wildman–Crippen LogP) is 3.19. The van der Waals surface area contributed by atoms with Gasteiger partial charge in [0.25, 0.3) is 0 Å². The Balaban J connectivity index is 1.87. The van der Waals surface area contributed by atoms with Gasteiger partial charge in [0.05, 0.1) is 17.2 Å². The lowest BCUT2D eigenvalue weighted by Crippen LogP contribution is -2.36. The largest absolute Gasteiger partial charge is 0.352 e. The van der Waals surface area contributed by atoms with Crippen molar-refractivity contribution in [2.24, 2.45) is 4.99 Å². The monoisotopic (exact) mass is 316 g/mol. The van der Waals surface area contributed by atoms with Gasteiger partial charge in [0.2, 0.25) is 0 Å². The Morgan fingerprint density at radius 2 is 2.00 bits per heavy atom. The van der Waals surface area contributed by atoms with E-state index in [1.54, 1.807) is 18.4 Å². The molecule has 5 heteroatoms. The van der Waals surface area contributed by atoms with Gasteiger partial charge in [0, 0.05) is 19.0 Å². The number of thiazole rings is 1. The summed E-state index contributed by atoms with van der Waals surface area (Å²) in [5.41, 5.74) is 4.95. The summed E-state index contributed by atoms with van der Waals surface area (Å²) in [4.78, 5) is 8.81. The van der Waals surface area contributed by atoms with Gasteiger partial charge < -0.3 is 10.6 Å². The van der Waals surface area contributed by atoms with Crippen molar-refractivity contribution in [3.63, 3.8) is 0 Å². The molecule has 22 heavy (non-hydrogen) atoms. The molecule has 4 nitrogen and oxygen atoms in total. The molecule has 0 aliphatic rings. The van der Waals surface area contributed by atoms with E-state index < -0.39 is 0 Å². The zero-order valence-electron chi connectivity index (χ0n) is 13.7. The Hall–Kier alpha value is -1.88. The van der Waals surface area contributed by atoms with Gasteiger partial charge in [-0.3, -0.25) is 4.99 Å². The molecule has 0 amide bonds. The third-order valence-corrected chi connectivity index (χ3v) is 4.55. The van der Waals surface area contributed by atoms with Crippen molar-refractivity contribution in [3.8, 4) is 0 Å². The fourth-order valence-electron chi connectivity index (χ4n) is 2.21. The number of aryl methyl sites for hydroxylation is 3. The first-order valence-electron chi connectivity index (χ1n) is 7.56. The van der Waals surface area contributed by atoms with Crippen LogP contribution in [0.5, 0.6) is 0 Å². The van der Waals surface area contributed by atoms with Crippen molar-refractivity contribution in [2.75, 3.05) is 7.05 Å². The van der Waals surface area contributed by atoms with Crippen LogP contribution in [0.3, 0.4) is 0 Å². The summed E-state index contributed by atoms with van der Waals surface area (Å²) in [6.07, 6.45) is 0.990. The molecule has 0 saturated heterocycles. The van der Waals surface area contributed by atoms with Crippen LogP contribution in [0.15, 0.2) is 28.6 Å². The van der Waals surface area contributed by atoms with Crippen molar-refractivity contribution in [2.45, 2.75) is 40.3 Å². The van der Waals surface area contributed by atoms with Gasteiger partial charge in [0.1, 0.15) is 0 Å². The van der Waals surface area contributed by atoms with Crippen LogP contribution in [0.2, 0.25) is 0 Å². The Labute approximate surface area is 136 Å². The van der Waals surface area contributed by atoms with Crippen molar-refractivity contribution in [3.05, 3.63) is 51.0 Å². The van der Waals surface area contributed by atoms with Crippen LogP contribution in [-0.2, 0) is 19.5 Å². The van der Waals surface area contributed by atoms with Crippen LogP contribution in [-0.4, -0.2) is 18.0 Å². The standard InChI is InChI=1S/C17H24N4S/c1-5-16-21-15(11-22-16)10-20-17(18-4)19-9-14-7-6-12(2)8-13(14)3/h6-8,11H,5,9-10H2,1-4H3,(H2,18,19,20). The van der Waals surface area contributed by atoms with Gasteiger partial charge in [0.15, 0.2) is 5.96 Å². The van der Waals surface area contributed by atoms with Crippen LogP contribution < -0.4 is 10.6 Å². The Morgan fingerprint density at radius 1 is 1.23 bits per heavy atom. The molecule has 0 atom stereocenters. The maximum Gasteiger partial charge on any atom is 0.191 e. The average Bonchev–Trinajstić information content (AvgIpc) is 2.97. The zero-order valence-corrected chi connectivity index (χ0v) is 14.5. The molecule has 0 fully saturated rings. The number of aromatic nitrogens is 1. The topological polar surface area (TPSA) is 49.3 Å². The summed E-state index contributed by atoms with van der Waals surface area (Å²) < 4.78 is 0. The highest BCUT2D eigenvalue weighted by atomic mass is 32.1. The summed E-state index contributed by atoms with van der Waals surface area (Å²) in [5, 5.41) is 9.94. The highest BCUT2D eigenvalue weighted by Gasteiger charge is 2.04. The van der Waals surface area contributed by atoms with Gasteiger partial charge >= 0.3 is 0 Å². The van der Waals surface area contributed by atoms with Crippen LogP contribution in [0.1, 0.15) is 34.3 Å². The maximum atomic E-state index is 4.55. The fourth-order valence-corrected chi connectivity index (χ4v) is 2.96. The maximum absolute atomic E-state index is 4.55. The molecule has 2 aromatic rings. The lowest BCUT2D eigenvalue weighted by Gasteiger charge is -2.13. The third kappa shape index (κ3) is 4.56. The van der Waals surface area contributed by atoms with Gasteiger partial charge in [-0.2, -0.15) is 0 Å². The van der Waals surface area contributed by atoms with Crippen LogP contribution in [0, 0.1) is 13.8 Å². The average molecular weight is 316 g/mol. The van der Waals surface area contributed by atoms with E-state index in [-0.39, 0.29) is 0 Å². The molecule has 1 aromatic carbocycles. The molecular formula is C17H24N4S. The van der Waals surface area contributed by atoms with E-state index in [1.165, 1.54) is 21.7 Å². The highest BCUT2D eigenvalue weighted by Crippen LogP contribution is 2.11. The van der Waals surface area contributed by atoms with Gasteiger partial charge in [-0.1, -0.05) is 30.7 Å². The summed E-state index contributed by atoms with van der Waals surface area (Å²) in [7, 11) is 1.79. The van der Waals surface area contributed by atoms with Crippen molar-refractivity contribution < 1.29 is 0 Å². The third-order valence-electron chi connectivity index (χ3n) is 3.51. The highest BCUT2D eigenvalue weighted by molar-refractivity contribution is 7.09. The number of guanidine groups is 1. The van der Waals surface area contributed by atoms with Gasteiger partial charge in [-0.05, 0) is 31.4 Å². The lowest BCUT2D eigenvalue weighted by atomic mass is 10.1. The molecule has 0 saturated carbocycles. The second-order valence-electron chi connectivity index (χ2n) is 5.30. The molecule has 1 aromatic heterocycles. The van der Waals surface area contributed by atoms with E-state index >= 15 is 0 Å². The van der Waals surface area contributed by atoms with E-state index in [2.05, 4.69) is 65.0 Å². The second-order valence-corrected chi connectivity index (χ2v) is 6.24. The number of nitrogens with one attached hydrogen (secondary N) is 2. The Morgan fingerprint density at radius 3 is 2.64 bits per heavy atom. The van der Waals surface area contributed by atoms with Crippen LogP contribution >= 0.6 is 11.3 Å². The summed E-state index contributed by atoms with van der Waals surface area (Å²) in [5.74, 6) is 0.797. The van der Waals surface area contributed by atoms with E-state index in [1.807, 2.05) is 0 Å². The number of rotatable bonds is 5. The number of hydrogen-bond donors (Lipinski definition) is 2. The molecule has 1 heterocycles. The second kappa shape index (κ2) is 7.94. The normalized spacial score (nSPS) is 11.5. The molecule has 0 spiro atoms. The molecule has 118 valence electrons. The zero-order chi connectivity index (χ0) is 15.9. The number of aliphatic imine (C=N–C) groups is 1. The first kappa shape index (κ1) is 16.5. The van der Waals surface area contributed by atoms with Crippen molar-refractivity contribution in [1.82, 2.24) is 15.6 Å². The van der Waals surface area contributed by atoms with Gasteiger partial charge in [-0.15, -0.1) is 11.3 Å². The minimum atomic E-state index is 0.697. The Bertz CT molecular complexity index is 646. The molecule has 0 aliphatic carbocycles. The van der Waals surface area contributed by atoms with E-state index in [0.717, 1.165) is 24.6 Å². The molecule has 0 bridgehead atoms. The van der Waals surface area contributed by atoms with Crippen molar-refractivity contribution in [1.29, 1.82) is 0 Å². The SMILES string of the molecule is CCc1nc(CNC(=NC)NCc2ccc(C)cc2C)cs1. The Kier molecular flexibility index (Phi) is 5.95. The number of benzene rings is 1. The molecule has 2 rings (SSSR count). The first-order chi connectivity index (χ1) is 10.6. The summed E-state index contributed by atoms with van der Waals surface area (Å²) >= 11 is 1.71. The summed E-state index contributed by atoms with van der Waals surface area (Å²) in [6, 6.07) is 6.51. The first-order valence-corrected chi connectivity index (χ1v) is 8.44. The molecule has 0 aliphatic heterocycles. The molecular weight excluding hydrogens is 292 g/mol. The number of hydrogen-bond acceptors (Lipinski definition) is 3. The van der Waals surface area contributed by atoms with Gasteiger partial charge in [-0.25, -0.2) is 4.98 Å². The number of nitrogens with zero attached hydrogens (tertiary/aromatic N) is 2. The van der Waals surface area contributed by atoms with Crippen molar-refractivity contribution >= 4 is 17.3 Å². The minimum Gasteiger partial charge on any atom is -0.352 e. The smallest absolute Gasteiger partial charge is 0.191 e. The van der Waals surface area contributed by atoms with Crippen LogP contribution in [0.25, 0.3) is 0 Å².